The van der Waals surface area contributed by atoms with Crippen molar-refractivity contribution in [2.45, 2.75) is 45.7 Å². The maximum atomic E-state index is 11.9. The van der Waals surface area contributed by atoms with Crippen molar-refractivity contribution in [1.29, 1.82) is 0 Å². The van der Waals surface area contributed by atoms with Crippen molar-refractivity contribution >= 4 is 5.97 Å². The number of rotatable bonds is 9. The predicted molar refractivity (Wildman–Crippen MR) is 95.6 cm³/mol. The fourth-order valence-corrected chi connectivity index (χ4v) is 2.74. The molecule has 1 heterocycles. The van der Waals surface area contributed by atoms with Crippen LogP contribution in [0.4, 0.5) is 0 Å². The zero-order valence-electron chi connectivity index (χ0n) is 14.8. The second-order valence-electron chi connectivity index (χ2n) is 5.77. The molecule has 0 aliphatic rings. The fraction of sp³-hybridized carbons (Fsp3) is 0.474. The first-order valence-electron chi connectivity index (χ1n) is 8.64. The van der Waals surface area contributed by atoms with Crippen LogP contribution in [-0.2, 0) is 16.1 Å². The van der Waals surface area contributed by atoms with Crippen LogP contribution in [0, 0.1) is 0 Å². The van der Waals surface area contributed by atoms with E-state index in [0.29, 0.717) is 6.61 Å². The Bertz CT molecular complexity index is 637. The number of imidazole rings is 1. The molecule has 0 amide bonds. The maximum absolute atomic E-state index is 11.9. The summed E-state index contributed by atoms with van der Waals surface area (Å²) in [5, 5.41) is 3.33. The van der Waals surface area contributed by atoms with Gasteiger partial charge in [0.1, 0.15) is 12.4 Å². The summed E-state index contributed by atoms with van der Waals surface area (Å²) in [7, 11) is 1.94. The van der Waals surface area contributed by atoms with E-state index >= 15 is 0 Å². The van der Waals surface area contributed by atoms with Gasteiger partial charge in [-0.05, 0) is 20.4 Å². The standard InChI is InChI=1S/C19H27N3O2/c1-4-6-12-16(20-3)19-21-17(15-10-8-7-9-11-15)13-22(19)14-18(23)24-5-2/h7-11,13,16,20H,4-6,12,14H2,1-3H3/t16-/m0/s1. The van der Waals surface area contributed by atoms with Crippen LogP contribution in [0.5, 0.6) is 0 Å². The van der Waals surface area contributed by atoms with Crippen molar-refractivity contribution in [2.75, 3.05) is 13.7 Å². The number of carbonyl (C=O) groups is 1. The minimum absolute atomic E-state index is 0.122. The van der Waals surface area contributed by atoms with Crippen LogP contribution in [-0.4, -0.2) is 29.2 Å². The molecule has 0 saturated carbocycles. The molecule has 0 spiro atoms. The highest BCUT2D eigenvalue weighted by atomic mass is 16.5. The molecule has 0 unspecified atom stereocenters. The lowest BCUT2D eigenvalue weighted by Crippen LogP contribution is -2.23. The highest BCUT2D eigenvalue weighted by molar-refractivity contribution is 5.69. The van der Waals surface area contributed by atoms with Crippen LogP contribution in [0.15, 0.2) is 36.5 Å². The van der Waals surface area contributed by atoms with E-state index in [-0.39, 0.29) is 18.6 Å². The lowest BCUT2D eigenvalue weighted by Gasteiger charge is -2.17. The van der Waals surface area contributed by atoms with Crippen molar-refractivity contribution < 1.29 is 9.53 Å². The van der Waals surface area contributed by atoms with Gasteiger partial charge in [-0.3, -0.25) is 4.79 Å². The summed E-state index contributed by atoms with van der Waals surface area (Å²) < 4.78 is 7.02. The molecule has 0 radical (unpaired) electrons. The summed E-state index contributed by atoms with van der Waals surface area (Å²) in [4.78, 5) is 16.8. The molecule has 0 aliphatic carbocycles. The van der Waals surface area contributed by atoms with Gasteiger partial charge in [-0.2, -0.15) is 0 Å². The number of hydrogen-bond donors (Lipinski definition) is 1. The lowest BCUT2D eigenvalue weighted by atomic mass is 10.1. The molecular weight excluding hydrogens is 302 g/mol. The van der Waals surface area contributed by atoms with E-state index in [1.807, 2.05) is 55.1 Å². The van der Waals surface area contributed by atoms with E-state index in [0.717, 1.165) is 36.3 Å². The Kier molecular flexibility index (Phi) is 7.00. The second-order valence-corrected chi connectivity index (χ2v) is 5.77. The van der Waals surface area contributed by atoms with Gasteiger partial charge < -0.3 is 14.6 Å². The number of esters is 1. The van der Waals surface area contributed by atoms with Gasteiger partial charge >= 0.3 is 5.97 Å². The number of nitrogens with zero attached hydrogens (tertiary/aromatic N) is 2. The second kappa shape index (κ2) is 9.23. The molecule has 0 saturated heterocycles. The highest BCUT2D eigenvalue weighted by Gasteiger charge is 2.19. The molecule has 0 fully saturated rings. The molecule has 1 N–H and O–H groups in total. The summed E-state index contributed by atoms with van der Waals surface area (Å²) in [6.45, 7) is 4.57. The Morgan fingerprint density at radius 3 is 2.67 bits per heavy atom. The van der Waals surface area contributed by atoms with Gasteiger partial charge in [-0.1, -0.05) is 50.1 Å². The molecule has 5 nitrogen and oxygen atoms in total. The van der Waals surface area contributed by atoms with Crippen LogP contribution in [0.3, 0.4) is 0 Å². The Hall–Kier alpha value is -2.14. The summed E-state index contributed by atoms with van der Waals surface area (Å²) in [5.74, 6) is 0.652. The Morgan fingerprint density at radius 1 is 1.29 bits per heavy atom. The van der Waals surface area contributed by atoms with E-state index in [1.54, 1.807) is 0 Å². The van der Waals surface area contributed by atoms with E-state index in [2.05, 4.69) is 12.2 Å². The van der Waals surface area contributed by atoms with Gasteiger partial charge in [0.15, 0.2) is 0 Å². The van der Waals surface area contributed by atoms with Gasteiger partial charge in [0.2, 0.25) is 0 Å². The largest absolute Gasteiger partial charge is 0.465 e. The van der Waals surface area contributed by atoms with Crippen molar-refractivity contribution in [2.24, 2.45) is 0 Å². The van der Waals surface area contributed by atoms with Gasteiger partial charge in [-0.15, -0.1) is 0 Å². The molecule has 130 valence electrons. The molecule has 0 aliphatic heterocycles. The molecule has 1 atom stereocenters. The monoisotopic (exact) mass is 329 g/mol. The first-order valence-corrected chi connectivity index (χ1v) is 8.64. The third-order valence-corrected chi connectivity index (χ3v) is 3.99. The average molecular weight is 329 g/mol. The number of aromatic nitrogens is 2. The molecule has 5 heteroatoms. The predicted octanol–water partition coefficient (Wildman–Crippen LogP) is 3.56. The first kappa shape index (κ1) is 18.2. The van der Waals surface area contributed by atoms with Gasteiger partial charge in [0.25, 0.3) is 0 Å². The molecule has 2 rings (SSSR count). The molecule has 1 aromatic carbocycles. The summed E-state index contributed by atoms with van der Waals surface area (Å²) in [6, 6.07) is 10.1. The van der Waals surface area contributed by atoms with Crippen molar-refractivity contribution in [3.63, 3.8) is 0 Å². The number of carbonyl (C=O) groups excluding carboxylic acids is 1. The Morgan fingerprint density at radius 2 is 2.04 bits per heavy atom. The number of hydrogen-bond acceptors (Lipinski definition) is 4. The Labute approximate surface area is 144 Å². The topological polar surface area (TPSA) is 56.2 Å². The van der Waals surface area contributed by atoms with Gasteiger partial charge in [0.05, 0.1) is 18.3 Å². The number of benzene rings is 1. The molecule has 2 aromatic rings. The first-order chi connectivity index (χ1) is 11.7. The maximum Gasteiger partial charge on any atom is 0.325 e. The van der Waals surface area contributed by atoms with Crippen LogP contribution in [0.2, 0.25) is 0 Å². The zero-order valence-corrected chi connectivity index (χ0v) is 14.8. The molecule has 1 aromatic heterocycles. The quantitative estimate of drug-likeness (QED) is 0.715. The molecule has 24 heavy (non-hydrogen) atoms. The fourth-order valence-electron chi connectivity index (χ4n) is 2.74. The van der Waals surface area contributed by atoms with E-state index in [9.17, 15) is 4.79 Å². The summed E-state index contributed by atoms with van der Waals surface area (Å²) in [5.41, 5.74) is 1.93. The number of ether oxygens (including phenoxy) is 1. The Balaban J connectivity index is 2.34. The highest BCUT2D eigenvalue weighted by Crippen LogP contribution is 2.24. The SMILES string of the molecule is CCCC[C@H](NC)c1nc(-c2ccccc2)cn1CC(=O)OCC. The van der Waals surface area contributed by atoms with Crippen molar-refractivity contribution in [3.8, 4) is 11.3 Å². The van der Waals surface area contributed by atoms with Crippen molar-refractivity contribution in [3.05, 3.63) is 42.4 Å². The minimum atomic E-state index is -0.235. The summed E-state index contributed by atoms with van der Waals surface area (Å²) >= 11 is 0. The number of unbranched alkanes of at least 4 members (excludes halogenated alkanes) is 1. The lowest BCUT2D eigenvalue weighted by molar-refractivity contribution is -0.143. The summed E-state index contributed by atoms with van der Waals surface area (Å²) in [6.07, 6.45) is 5.17. The average Bonchev–Trinajstić information content (AvgIpc) is 3.00. The van der Waals surface area contributed by atoms with E-state index in [1.165, 1.54) is 0 Å². The van der Waals surface area contributed by atoms with E-state index in [4.69, 9.17) is 9.72 Å². The van der Waals surface area contributed by atoms with Gasteiger partial charge in [-0.25, -0.2) is 4.98 Å². The van der Waals surface area contributed by atoms with Crippen molar-refractivity contribution in [1.82, 2.24) is 14.9 Å². The zero-order chi connectivity index (χ0) is 17.4. The molecule has 0 bridgehead atoms. The van der Waals surface area contributed by atoms with E-state index < -0.39 is 0 Å². The molecular formula is C19H27N3O2. The van der Waals surface area contributed by atoms with Crippen LogP contribution in [0.25, 0.3) is 11.3 Å². The normalized spacial score (nSPS) is 12.1. The number of nitrogens with one attached hydrogen (secondary N) is 1. The van der Waals surface area contributed by atoms with Crippen LogP contribution >= 0.6 is 0 Å². The van der Waals surface area contributed by atoms with Crippen LogP contribution in [0.1, 0.15) is 45.0 Å². The minimum Gasteiger partial charge on any atom is -0.465 e. The third-order valence-electron chi connectivity index (χ3n) is 3.99. The van der Waals surface area contributed by atoms with Gasteiger partial charge in [0, 0.05) is 11.8 Å². The third kappa shape index (κ3) is 4.68. The van der Waals surface area contributed by atoms with Crippen LogP contribution < -0.4 is 5.32 Å². The smallest absolute Gasteiger partial charge is 0.325 e.